The molecule has 0 aliphatic carbocycles. The highest BCUT2D eigenvalue weighted by Crippen LogP contribution is 2.35. The van der Waals surface area contributed by atoms with Gasteiger partial charge in [0, 0.05) is 23.7 Å². The summed E-state index contributed by atoms with van der Waals surface area (Å²) in [6.45, 7) is 2.42. The maximum Gasteiger partial charge on any atom is 0.261 e. The van der Waals surface area contributed by atoms with Crippen molar-refractivity contribution >= 4 is 50.7 Å². The van der Waals surface area contributed by atoms with Crippen molar-refractivity contribution in [3.63, 3.8) is 0 Å². The van der Waals surface area contributed by atoms with Crippen LogP contribution in [0, 0.1) is 0 Å². The Kier molecular flexibility index (Phi) is 4.39. The van der Waals surface area contributed by atoms with Gasteiger partial charge in [-0.3, -0.25) is 4.79 Å². The number of nitrogens with one attached hydrogen (secondary N) is 1. The van der Waals surface area contributed by atoms with Crippen molar-refractivity contribution in [3.8, 4) is 17.1 Å². The van der Waals surface area contributed by atoms with Crippen LogP contribution in [-0.2, 0) is 0 Å². The molecule has 0 aliphatic heterocycles. The van der Waals surface area contributed by atoms with Gasteiger partial charge >= 0.3 is 0 Å². The summed E-state index contributed by atoms with van der Waals surface area (Å²) in [5, 5.41) is 13.8. The van der Waals surface area contributed by atoms with Crippen molar-refractivity contribution in [2.45, 2.75) is 6.92 Å². The number of amides is 1. The van der Waals surface area contributed by atoms with E-state index < -0.39 is 0 Å². The van der Waals surface area contributed by atoms with E-state index in [4.69, 9.17) is 23.2 Å². The van der Waals surface area contributed by atoms with Gasteiger partial charge in [-0.1, -0.05) is 23.2 Å². The molecule has 5 nitrogen and oxygen atoms in total. The second kappa shape index (κ2) is 6.31. The molecule has 0 spiro atoms. The molecule has 3 rings (SSSR count). The van der Waals surface area contributed by atoms with E-state index in [1.807, 2.05) is 6.92 Å². The molecular formula is C15H11Cl2N3O2S. The van der Waals surface area contributed by atoms with Crippen molar-refractivity contribution in [1.82, 2.24) is 15.3 Å². The summed E-state index contributed by atoms with van der Waals surface area (Å²) in [5.74, 6) is 0.127. The van der Waals surface area contributed by atoms with E-state index in [1.165, 1.54) is 23.5 Å². The summed E-state index contributed by atoms with van der Waals surface area (Å²) < 4.78 is 0. The number of phenols is 1. The van der Waals surface area contributed by atoms with Gasteiger partial charge in [-0.15, -0.1) is 11.3 Å². The number of carbonyl (C=O) groups excluding carboxylic acids is 1. The van der Waals surface area contributed by atoms with Gasteiger partial charge in [-0.2, -0.15) is 0 Å². The van der Waals surface area contributed by atoms with Crippen LogP contribution < -0.4 is 5.32 Å². The Hall–Kier alpha value is -1.89. The second-order valence-electron chi connectivity index (χ2n) is 4.71. The van der Waals surface area contributed by atoms with Crippen LogP contribution in [-0.4, -0.2) is 27.5 Å². The minimum absolute atomic E-state index is 0.0936. The van der Waals surface area contributed by atoms with Gasteiger partial charge in [0.15, 0.2) is 5.82 Å². The zero-order chi connectivity index (χ0) is 16.6. The number of carbonyl (C=O) groups is 1. The largest absolute Gasteiger partial charge is 0.506 e. The highest BCUT2D eigenvalue weighted by Gasteiger charge is 2.14. The van der Waals surface area contributed by atoms with Gasteiger partial charge in [0.05, 0.1) is 14.9 Å². The fraction of sp³-hybridized carbons (Fsp3) is 0.133. The third-order valence-electron chi connectivity index (χ3n) is 3.11. The van der Waals surface area contributed by atoms with Crippen LogP contribution in [0.4, 0.5) is 0 Å². The van der Waals surface area contributed by atoms with Crippen LogP contribution in [0.2, 0.25) is 10.0 Å². The Morgan fingerprint density at radius 3 is 2.83 bits per heavy atom. The molecule has 23 heavy (non-hydrogen) atoms. The SMILES string of the molecule is CCNC(=O)c1cc2cnc(-c3cc(O)c(Cl)cc3Cl)nc2s1. The predicted octanol–water partition coefficient (Wildman–Crippen LogP) is 4.12. The molecule has 0 fully saturated rings. The summed E-state index contributed by atoms with van der Waals surface area (Å²) in [4.78, 5) is 21.8. The average Bonchev–Trinajstić information content (AvgIpc) is 2.94. The average molecular weight is 368 g/mol. The predicted molar refractivity (Wildman–Crippen MR) is 92.5 cm³/mol. The summed E-state index contributed by atoms with van der Waals surface area (Å²) in [7, 11) is 0. The maximum absolute atomic E-state index is 11.9. The number of aromatic nitrogens is 2. The lowest BCUT2D eigenvalue weighted by Crippen LogP contribution is -2.21. The molecule has 2 heterocycles. The van der Waals surface area contributed by atoms with Gasteiger partial charge in [0.1, 0.15) is 10.6 Å². The Morgan fingerprint density at radius 2 is 2.09 bits per heavy atom. The van der Waals surface area contributed by atoms with E-state index in [9.17, 15) is 9.90 Å². The van der Waals surface area contributed by atoms with Crippen molar-refractivity contribution in [1.29, 1.82) is 0 Å². The third kappa shape index (κ3) is 3.10. The highest BCUT2D eigenvalue weighted by atomic mass is 35.5. The van der Waals surface area contributed by atoms with Gasteiger partial charge in [0.25, 0.3) is 5.91 Å². The van der Waals surface area contributed by atoms with Crippen LogP contribution >= 0.6 is 34.5 Å². The van der Waals surface area contributed by atoms with Crippen LogP contribution in [0.5, 0.6) is 5.75 Å². The molecule has 8 heteroatoms. The standard InChI is InChI=1S/C15H11Cl2N3O2S/c1-2-18-14(22)12-3-7-6-19-13(20-15(7)23-12)8-4-11(21)10(17)5-9(8)16/h3-6,21H,2H2,1H3,(H,18,22). The van der Waals surface area contributed by atoms with E-state index in [0.717, 1.165) is 5.39 Å². The molecule has 0 aliphatic rings. The first-order chi connectivity index (χ1) is 11.0. The van der Waals surface area contributed by atoms with E-state index in [0.29, 0.717) is 32.7 Å². The minimum Gasteiger partial charge on any atom is -0.506 e. The highest BCUT2D eigenvalue weighted by molar-refractivity contribution is 7.20. The second-order valence-corrected chi connectivity index (χ2v) is 6.55. The number of fused-ring (bicyclic) bond motifs is 1. The number of hydrogen-bond donors (Lipinski definition) is 2. The van der Waals surface area contributed by atoms with Gasteiger partial charge in [0.2, 0.25) is 0 Å². The summed E-state index contributed by atoms with van der Waals surface area (Å²) in [6.07, 6.45) is 1.62. The number of benzene rings is 1. The number of hydrogen-bond acceptors (Lipinski definition) is 5. The number of nitrogens with zero attached hydrogens (tertiary/aromatic N) is 2. The smallest absolute Gasteiger partial charge is 0.261 e. The number of thiophene rings is 1. The van der Waals surface area contributed by atoms with Gasteiger partial charge < -0.3 is 10.4 Å². The molecule has 118 valence electrons. The van der Waals surface area contributed by atoms with Crippen molar-refractivity contribution in [2.24, 2.45) is 0 Å². The van der Waals surface area contributed by atoms with Gasteiger partial charge in [-0.05, 0) is 25.1 Å². The van der Waals surface area contributed by atoms with E-state index >= 15 is 0 Å². The molecule has 0 radical (unpaired) electrons. The van der Waals surface area contributed by atoms with E-state index in [1.54, 1.807) is 12.3 Å². The fourth-order valence-corrected chi connectivity index (χ4v) is 3.42. The quantitative estimate of drug-likeness (QED) is 0.729. The summed E-state index contributed by atoms with van der Waals surface area (Å²) in [6, 6.07) is 4.61. The minimum atomic E-state index is -0.140. The Morgan fingerprint density at radius 1 is 1.30 bits per heavy atom. The molecule has 2 N–H and O–H groups in total. The number of halogens is 2. The molecule has 0 unspecified atom stereocenters. The molecule has 1 amide bonds. The molecule has 0 bridgehead atoms. The lowest BCUT2D eigenvalue weighted by molar-refractivity contribution is 0.0960. The Balaban J connectivity index is 2.07. The van der Waals surface area contributed by atoms with E-state index in [-0.39, 0.29) is 16.7 Å². The van der Waals surface area contributed by atoms with Gasteiger partial charge in [-0.25, -0.2) is 9.97 Å². The first kappa shape index (κ1) is 16.0. The number of phenolic OH excluding ortho intramolecular Hbond substituents is 1. The normalized spacial score (nSPS) is 10.9. The van der Waals surface area contributed by atoms with E-state index in [2.05, 4.69) is 15.3 Å². The molecule has 3 aromatic rings. The zero-order valence-electron chi connectivity index (χ0n) is 11.9. The van der Waals surface area contributed by atoms with Crippen LogP contribution in [0.15, 0.2) is 24.4 Å². The third-order valence-corrected chi connectivity index (χ3v) is 4.77. The lowest BCUT2D eigenvalue weighted by Gasteiger charge is -2.05. The number of rotatable bonds is 3. The van der Waals surface area contributed by atoms with Crippen molar-refractivity contribution in [3.05, 3.63) is 39.3 Å². The molecule has 0 atom stereocenters. The molecule has 0 saturated carbocycles. The number of aromatic hydroxyl groups is 1. The zero-order valence-corrected chi connectivity index (χ0v) is 14.3. The first-order valence-electron chi connectivity index (χ1n) is 6.72. The summed E-state index contributed by atoms with van der Waals surface area (Å²) >= 11 is 13.2. The van der Waals surface area contributed by atoms with Crippen LogP contribution in [0.3, 0.4) is 0 Å². The maximum atomic E-state index is 11.9. The van der Waals surface area contributed by atoms with Crippen LogP contribution in [0.1, 0.15) is 16.6 Å². The van der Waals surface area contributed by atoms with Crippen molar-refractivity contribution < 1.29 is 9.90 Å². The lowest BCUT2D eigenvalue weighted by atomic mass is 10.2. The molecule has 1 aromatic carbocycles. The molecular weight excluding hydrogens is 357 g/mol. The molecule has 2 aromatic heterocycles. The van der Waals surface area contributed by atoms with Crippen LogP contribution in [0.25, 0.3) is 21.6 Å². The fourth-order valence-electron chi connectivity index (χ4n) is 2.03. The Bertz CT molecular complexity index is 911. The Labute approximate surface area is 145 Å². The first-order valence-corrected chi connectivity index (χ1v) is 8.30. The van der Waals surface area contributed by atoms with Crippen molar-refractivity contribution in [2.75, 3.05) is 6.54 Å². The monoisotopic (exact) mass is 367 g/mol. The topological polar surface area (TPSA) is 75.1 Å². The summed E-state index contributed by atoms with van der Waals surface area (Å²) in [5.41, 5.74) is 0.475. The molecule has 0 saturated heterocycles.